The molecule has 1 atom stereocenters. The maximum atomic E-state index is 14.1. The van der Waals surface area contributed by atoms with Gasteiger partial charge in [0.15, 0.2) is 5.67 Å². The highest BCUT2D eigenvalue weighted by atomic mass is 19.1. The monoisotopic (exact) mass is 234 g/mol. The van der Waals surface area contributed by atoms with Crippen molar-refractivity contribution in [3.8, 4) is 11.8 Å². The molecule has 1 aromatic heterocycles. The van der Waals surface area contributed by atoms with Crippen molar-refractivity contribution >= 4 is 6.09 Å². The van der Waals surface area contributed by atoms with Gasteiger partial charge in [0.1, 0.15) is 5.69 Å². The van der Waals surface area contributed by atoms with E-state index in [1.54, 1.807) is 24.4 Å². The van der Waals surface area contributed by atoms with Crippen LogP contribution in [0, 0.1) is 11.8 Å². The second-order valence-electron chi connectivity index (χ2n) is 3.88. The van der Waals surface area contributed by atoms with Crippen LogP contribution in [0.5, 0.6) is 0 Å². The van der Waals surface area contributed by atoms with Gasteiger partial charge in [-0.15, -0.1) is 0 Å². The summed E-state index contributed by atoms with van der Waals surface area (Å²) in [5, 5.41) is 8.73. The average Bonchev–Trinajstić information content (AvgIpc) is 2.72. The number of hydrogen-bond acceptors (Lipinski definition) is 2. The third-order valence-electron chi connectivity index (χ3n) is 2.57. The van der Waals surface area contributed by atoms with Gasteiger partial charge in [-0.3, -0.25) is 0 Å². The molecule has 0 aliphatic carbocycles. The summed E-state index contributed by atoms with van der Waals surface area (Å²) in [7, 11) is 0. The Hall–Kier alpha value is -2.09. The molecule has 1 fully saturated rings. The fraction of sp³-hybridized carbons (Fsp3) is 0.333. The van der Waals surface area contributed by atoms with Gasteiger partial charge >= 0.3 is 6.09 Å². The second kappa shape index (κ2) is 4.42. The highest BCUT2D eigenvalue weighted by Crippen LogP contribution is 2.24. The fourth-order valence-corrected chi connectivity index (χ4v) is 1.65. The highest BCUT2D eigenvalue weighted by Gasteiger charge is 2.38. The van der Waals surface area contributed by atoms with Crippen LogP contribution in [-0.4, -0.2) is 39.8 Å². The van der Waals surface area contributed by atoms with Crippen LogP contribution >= 0.6 is 0 Å². The zero-order chi connectivity index (χ0) is 12.3. The number of amides is 1. The fourth-order valence-electron chi connectivity index (χ4n) is 1.65. The van der Waals surface area contributed by atoms with E-state index in [9.17, 15) is 9.18 Å². The number of alkyl halides is 1. The first-order valence-corrected chi connectivity index (χ1v) is 5.20. The summed E-state index contributed by atoms with van der Waals surface area (Å²) in [6, 6.07) is 5.19. The average molecular weight is 234 g/mol. The van der Waals surface area contributed by atoms with Crippen molar-refractivity contribution in [2.45, 2.75) is 12.1 Å². The molecule has 1 N–H and O–H groups in total. The molecule has 4 nitrogen and oxygen atoms in total. The summed E-state index contributed by atoms with van der Waals surface area (Å²) in [5.74, 6) is 5.11. The largest absolute Gasteiger partial charge is 0.465 e. The Morgan fingerprint density at radius 1 is 1.59 bits per heavy atom. The maximum Gasteiger partial charge on any atom is 0.407 e. The van der Waals surface area contributed by atoms with Gasteiger partial charge in [-0.05, 0) is 18.1 Å². The van der Waals surface area contributed by atoms with Crippen LogP contribution in [0.15, 0.2) is 24.4 Å². The van der Waals surface area contributed by atoms with E-state index in [-0.39, 0.29) is 19.5 Å². The topological polar surface area (TPSA) is 53.4 Å². The Bertz CT molecular complexity index is 480. The molecule has 0 bridgehead atoms. The van der Waals surface area contributed by atoms with E-state index in [1.165, 1.54) is 0 Å². The van der Waals surface area contributed by atoms with Crippen molar-refractivity contribution in [3.05, 3.63) is 30.1 Å². The standard InChI is InChI=1S/C12H11FN2O2/c13-12(6-8-15(9-12)11(16)17)5-4-10-3-1-2-7-14-10/h1-3,7H,6,8-9H2,(H,16,17). The summed E-state index contributed by atoms with van der Waals surface area (Å²) in [5.41, 5.74) is -1.27. The lowest BCUT2D eigenvalue weighted by molar-refractivity contribution is 0.147. The van der Waals surface area contributed by atoms with Crippen LogP contribution in [-0.2, 0) is 0 Å². The lowest BCUT2D eigenvalue weighted by Crippen LogP contribution is -2.31. The van der Waals surface area contributed by atoms with Gasteiger partial charge in [-0.1, -0.05) is 12.0 Å². The van der Waals surface area contributed by atoms with Crippen molar-refractivity contribution in [2.24, 2.45) is 0 Å². The van der Waals surface area contributed by atoms with Crippen LogP contribution < -0.4 is 0 Å². The van der Waals surface area contributed by atoms with Gasteiger partial charge in [0, 0.05) is 19.2 Å². The number of carboxylic acid groups (broad SMARTS) is 1. The van der Waals surface area contributed by atoms with Gasteiger partial charge in [0.2, 0.25) is 0 Å². The minimum Gasteiger partial charge on any atom is -0.465 e. The lowest BCUT2D eigenvalue weighted by atomic mass is 10.1. The van der Waals surface area contributed by atoms with Crippen molar-refractivity contribution in [2.75, 3.05) is 13.1 Å². The van der Waals surface area contributed by atoms with Crippen molar-refractivity contribution in [3.63, 3.8) is 0 Å². The van der Waals surface area contributed by atoms with Crippen LogP contribution in [0.1, 0.15) is 12.1 Å². The molecule has 0 spiro atoms. The first-order chi connectivity index (χ1) is 8.09. The molecular formula is C12H11FN2O2. The third-order valence-corrected chi connectivity index (χ3v) is 2.57. The lowest BCUT2D eigenvalue weighted by Gasteiger charge is -2.12. The third kappa shape index (κ3) is 2.72. The van der Waals surface area contributed by atoms with Crippen LogP contribution in [0.2, 0.25) is 0 Å². The van der Waals surface area contributed by atoms with Gasteiger partial charge in [0.25, 0.3) is 0 Å². The molecule has 1 aromatic rings. The first-order valence-electron chi connectivity index (χ1n) is 5.20. The highest BCUT2D eigenvalue weighted by molar-refractivity contribution is 5.65. The molecule has 0 saturated carbocycles. The maximum absolute atomic E-state index is 14.1. The van der Waals surface area contributed by atoms with E-state index >= 15 is 0 Å². The molecule has 2 heterocycles. The van der Waals surface area contributed by atoms with Gasteiger partial charge < -0.3 is 10.0 Å². The first kappa shape index (κ1) is 11.4. The summed E-state index contributed by atoms with van der Waals surface area (Å²) >= 11 is 0. The predicted molar refractivity (Wildman–Crippen MR) is 59.2 cm³/mol. The van der Waals surface area contributed by atoms with Crippen molar-refractivity contribution in [1.29, 1.82) is 0 Å². The Kier molecular flexibility index (Phi) is 2.96. The summed E-state index contributed by atoms with van der Waals surface area (Å²) < 4.78 is 14.1. The molecule has 2 rings (SSSR count). The molecule has 0 aromatic carbocycles. The van der Waals surface area contributed by atoms with Crippen molar-refractivity contribution < 1.29 is 14.3 Å². The van der Waals surface area contributed by atoms with Gasteiger partial charge in [-0.2, -0.15) is 0 Å². The smallest absolute Gasteiger partial charge is 0.407 e. The van der Waals surface area contributed by atoms with Crippen LogP contribution in [0.4, 0.5) is 9.18 Å². The minimum atomic E-state index is -1.75. The Morgan fingerprint density at radius 2 is 2.41 bits per heavy atom. The van der Waals surface area contributed by atoms with Gasteiger partial charge in [0.05, 0.1) is 6.54 Å². The SMILES string of the molecule is O=C(O)N1CCC(F)(C#Cc2ccccn2)C1. The minimum absolute atomic E-state index is 0.110. The number of nitrogens with zero attached hydrogens (tertiary/aromatic N) is 2. The van der Waals surface area contributed by atoms with E-state index in [1.807, 2.05) is 0 Å². The van der Waals surface area contributed by atoms with E-state index < -0.39 is 11.8 Å². The van der Waals surface area contributed by atoms with Crippen LogP contribution in [0.3, 0.4) is 0 Å². The Labute approximate surface area is 98.1 Å². The number of hydrogen-bond donors (Lipinski definition) is 1. The Balaban J connectivity index is 2.10. The van der Waals surface area contributed by atoms with Crippen molar-refractivity contribution in [1.82, 2.24) is 9.88 Å². The number of likely N-dealkylation sites (tertiary alicyclic amines) is 1. The normalized spacial score (nSPS) is 23.0. The number of carbonyl (C=O) groups is 1. The molecule has 1 aliphatic rings. The molecule has 88 valence electrons. The Morgan fingerprint density at radius 3 is 3.00 bits per heavy atom. The zero-order valence-corrected chi connectivity index (χ0v) is 9.06. The number of aromatic nitrogens is 1. The summed E-state index contributed by atoms with van der Waals surface area (Å²) in [4.78, 5) is 15.7. The van der Waals surface area contributed by atoms with Crippen LogP contribution in [0.25, 0.3) is 0 Å². The molecule has 1 saturated heterocycles. The number of rotatable bonds is 0. The van der Waals surface area contributed by atoms with Gasteiger partial charge in [-0.25, -0.2) is 14.2 Å². The quantitative estimate of drug-likeness (QED) is 0.692. The molecule has 17 heavy (non-hydrogen) atoms. The molecule has 0 radical (unpaired) electrons. The van der Waals surface area contributed by atoms with E-state index in [0.717, 1.165) is 4.90 Å². The summed E-state index contributed by atoms with van der Waals surface area (Å²) in [6.45, 7) is -0.00903. The number of halogens is 1. The summed E-state index contributed by atoms with van der Waals surface area (Å²) in [6.07, 6.45) is 0.580. The zero-order valence-electron chi connectivity index (χ0n) is 9.06. The molecule has 1 unspecified atom stereocenters. The molecule has 5 heteroatoms. The van der Waals surface area contributed by atoms with E-state index in [2.05, 4.69) is 16.8 Å². The molecule has 1 amide bonds. The predicted octanol–water partition coefficient (Wildman–Crippen LogP) is 1.53. The molecular weight excluding hydrogens is 223 g/mol. The van der Waals surface area contributed by atoms with E-state index in [0.29, 0.717) is 5.69 Å². The number of pyridine rings is 1. The second-order valence-corrected chi connectivity index (χ2v) is 3.88. The molecule has 1 aliphatic heterocycles. The van der Waals surface area contributed by atoms with E-state index in [4.69, 9.17) is 5.11 Å².